The van der Waals surface area contributed by atoms with Crippen LogP contribution in [0.15, 0.2) is 30.5 Å². The third-order valence-electron chi connectivity index (χ3n) is 4.54. The van der Waals surface area contributed by atoms with Crippen LogP contribution >= 0.6 is 0 Å². The first kappa shape index (κ1) is 18.8. The maximum absolute atomic E-state index is 12.7. The highest BCUT2D eigenvalue weighted by atomic mass is 19.4. The van der Waals surface area contributed by atoms with Crippen LogP contribution in [0.4, 0.5) is 13.2 Å². The summed E-state index contributed by atoms with van der Waals surface area (Å²) in [5, 5.41) is 28.8. The summed E-state index contributed by atoms with van der Waals surface area (Å²) in [5.74, 6) is -3.13. The van der Waals surface area contributed by atoms with Crippen LogP contribution in [0.5, 0.6) is 0 Å². The number of carboxylic acid groups (broad SMARTS) is 2. The quantitative estimate of drug-likeness (QED) is 0.718. The van der Waals surface area contributed by atoms with E-state index in [9.17, 15) is 27.9 Å². The molecule has 3 atom stereocenters. The van der Waals surface area contributed by atoms with Gasteiger partial charge in [0, 0.05) is 18.0 Å². The molecule has 1 fully saturated rings. The molecule has 2 aromatic rings. The molecule has 1 aliphatic rings. The molecular formula is C16H15F3N4O4. The second-order valence-corrected chi connectivity index (χ2v) is 6.19. The number of carboxylic acids is 2. The maximum atomic E-state index is 12.7. The number of alkyl halides is 3. The number of halogens is 3. The zero-order valence-electron chi connectivity index (χ0n) is 13.7. The number of benzene rings is 1. The summed E-state index contributed by atoms with van der Waals surface area (Å²) in [7, 11) is 0. The average molecular weight is 384 g/mol. The monoisotopic (exact) mass is 384 g/mol. The SMILES string of the molecule is O=C(O)C[C@@H]1[C@@H](C(=O)O)NC[C@@H]1n1nncc1-c1ccc(C(F)(F)F)cc1. The van der Waals surface area contributed by atoms with E-state index >= 15 is 0 Å². The summed E-state index contributed by atoms with van der Waals surface area (Å²) in [6.07, 6.45) is -3.52. The molecule has 0 amide bonds. The zero-order valence-corrected chi connectivity index (χ0v) is 13.7. The molecule has 3 rings (SSSR count). The third kappa shape index (κ3) is 3.77. The van der Waals surface area contributed by atoms with Gasteiger partial charge in [0.05, 0.1) is 29.9 Å². The van der Waals surface area contributed by atoms with E-state index in [1.54, 1.807) is 0 Å². The van der Waals surface area contributed by atoms with Crippen molar-refractivity contribution in [3.8, 4) is 11.3 Å². The summed E-state index contributed by atoms with van der Waals surface area (Å²) in [5.41, 5.74) is -0.0275. The maximum Gasteiger partial charge on any atom is 0.416 e. The van der Waals surface area contributed by atoms with Crippen molar-refractivity contribution in [3.05, 3.63) is 36.0 Å². The first-order valence-corrected chi connectivity index (χ1v) is 7.94. The summed E-state index contributed by atoms with van der Waals surface area (Å²) in [6, 6.07) is 2.68. The van der Waals surface area contributed by atoms with Gasteiger partial charge in [0.2, 0.25) is 0 Å². The first-order chi connectivity index (χ1) is 12.7. The van der Waals surface area contributed by atoms with Crippen molar-refractivity contribution in [1.82, 2.24) is 20.3 Å². The number of rotatable bonds is 5. The van der Waals surface area contributed by atoms with Gasteiger partial charge in [0.15, 0.2) is 0 Å². The Morgan fingerprint density at radius 3 is 2.44 bits per heavy atom. The fourth-order valence-corrected chi connectivity index (χ4v) is 3.29. The molecule has 0 bridgehead atoms. The van der Waals surface area contributed by atoms with Crippen molar-refractivity contribution in [3.63, 3.8) is 0 Å². The minimum Gasteiger partial charge on any atom is -0.481 e. The molecule has 0 spiro atoms. The molecule has 0 unspecified atom stereocenters. The van der Waals surface area contributed by atoms with Gasteiger partial charge >= 0.3 is 18.1 Å². The zero-order chi connectivity index (χ0) is 19.8. The second-order valence-electron chi connectivity index (χ2n) is 6.19. The van der Waals surface area contributed by atoms with Crippen LogP contribution in [-0.4, -0.2) is 49.7 Å². The normalized spacial score (nSPS) is 22.7. The van der Waals surface area contributed by atoms with Gasteiger partial charge in [0.25, 0.3) is 0 Å². The Balaban J connectivity index is 1.94. The van der Waals surface area contributed by atoms with E-state index in [-0.39, 0.29) is 6.54 Å². The highest BCUT2D eigenvalue weighted by Crippen LogP contribution is 2.34. The fraction of sp³-hybridized carbons (Fsp3) is 0.375. The molecule has 1 aromatic carbocycles. The molecule has 1 aromatic heterocycles. The number of nitrogens with one attached hydrogen (secondary N) is 1. The van der Waals surface area contributed by atoms with Gasteiger partial charge in [-0.15, -0.1) is 5.10 Å². The Labute approximate surface area is 150 Å². The van der Waals surface area contributed by atoms with Crippen LogP contribution in [0.1, 0.15) is 18.0 Å². The van der Waals surface area contributed by atoms with Gasteiger partial charge in [-0.1, -0.05) is 17.3 Å². The third-order valence-corrected chi connectivity index (χ3v) is 4.54. The number of hydrogen-bond donors (Lipinski definition) is 3. The smallest absolute Gasteiger partial charge is 0.416 e. The molecule has 1 saturated heterocycles. The highest BCUT2D eigenvalue weighted by molar-refractivity contribution is 5.76. The van der Waals surface area contributed by atoms with Crippen LogP contribution < -0.4 is 5.32 Å². The summed E-state index contributed by atoms with van der Waals surface area (Å²) in [6.45, 7) is 0.145. The van der Waals surface area contributed by atoms with Gasteiger partial charge in [0.1, 0.15) is 6.04 Å². The Hall–Kier alpha value is -2.95. The molecule has 11 heteroatoms. The Morgan fingerprint density at radius 2 is 1.89 bits per heavy atom. The second kappa shape index (κ2) is 6.99. The van der Waals surface area contributed by atoms with E-state index in [2.05, 4.69) is 15.6 Å². The van der Waals surface area contributed by atoms with Gasteiger partial charge < -0.3 is 15.5 Å². The molecule has 8 nitrogen and oxygen atoms in total. The van der Waals surface area contributed by atoms with E-state index < -0.39 is 48.1 Å². The number of carbonyl (C=O) groups is 2. The summed E-state index contributed by atoms with van der Waals surface area (Å²) >= 11 is 0. The number of hydrogen-bond acceptors (Lipinski definition) is 5. The molecule has 0 aliphatic carbocycles. The molecule has 0 radical (unpaired) electrons. The molecule has 3 N–H and O–H groups in total. The van der Waals surface area contributed by atoms with Gasteiger partial charge in [-0.05, 0) is 12.1 Å². The van der Waals surface area contributed by atoms with Crippen LogP contribution in [-0.2, 0) is 15.8 Å². The molecule has 144 valence electrons. The van der Waals surface area contributed by atoms with Crippen molar-refractivity contribution in [1.29, 1.82) is 0 Å². The van der Waals surface area contributed by atoms with E-state index in [1.807, 2.05) is 0 Å². The Kier molecular flexibility index (Phi) is 4.87. The van der Waals surface area contributed by atoms with Crippen LogP contribution in [0.2, 0.25) is 0 Å². The van der Waals surface area contributed by atoms with Crippen LogP contribution in [0, 0.1) is 5.92 Å². The predicted octanol–water partition coefficient (Wildman–Crippen LogP) is 1.65. The lowest BCUT2D eigenvalue weighted by Crippen LogP contribution is -2.37. The average Bonchev–Trinajstić information content (AvgIpc) is 3.20. The lowest BCUT2D eigenvalue weighted by atomic mass is 9.92. The lowest BCUT2D eigenvalue weighted by Gasteiger charge is -2.21. The van der Waals surface area contributed by atoms with Gasteiger partial charge in [-0.25, -0.2) is 4.68 Å². The fourth-order valence-electron chi connectivity index (χ4n) is 3.29. The van der Waals surface area contributed by atoms with E-state index in [4.69, 9.17) is 5.11 Å². The summed E-state index contributed by atoms with van der Waals surface area (Å²) < 4.78 is 39.6. The van der Waals surface area contributed by atoms with Crippen molar-refractivity contribution in [2.24, 2.45) is 5.92 Å². The van der Waals surface area contributed by atoms with Crippen molar-refractivity contribution >= 4 is 11.9 Å². The van der Waals surface area contributed by atoms with Gasteiger partial charge in [-0.2, -0.15) is 13.2 Å². The van der Waals surface area contributed by atoms with Crippen LogP contribution in [0.25, 0.3) is 11.3 Å². The predicted molar refractivity (Wildman–Crippen MR) is 84.7 cm³/mol. The van der Waals surface area contributed by atoms with E-state index in [1.165, 1.54) is 23.0 Å². The lowest BCUT2D eigenvalue weighted by molar-refractivity contribution is -0.142. The minimum atomic E-state index is -4.46. The van der Waals surface area contributed by atoms with E-state index in [0.29, 0.717) is 11.3 Å². The number of aliphatic carboxylic acids is 2. The number of aromatic nitrogens is 3. The van der Waals surface area contributed by atoms with Crippen molar-refractivity contribution in [2.45, 2.75) is 24.7 Å². The largest absolute Gasteiger partial charge is 0.481 e. The van der Waals surface area contributed by atoms with Crippen molar-refractivity contribution < 1.29 is 33.0 Å². The summed E-state index contributed by atoms with van der Waals surface area (Å²) in [4.78, 5) is 22.5. The minimum absolute atomic E-state index is 0.145. The van der Waals surface area contributed by atoms with E-state index in [0.717, 1.165) is 12.1 Å². The molecule has 2 heterocycles. The Morgan fingerprint density at radius 1 is 1.22 bits per heavy atom. The first-order valence-electron chi connectivity index (χ1n) is 7.94. The Bertz CT molecular complexity index is 850. The topological polar surface area (TPSA) is 117 Å². The van der Waals surface area contributed by atoms with Crippen LogP contribution in [0.3, 0.4) is 0 Å². The number of nitrogens with zero attached hydrogens (tertiary/aromatic N) is 3. The molecule has 1 aliphatic heterocycles. The van der Waals surface area contributed by atoms with Crippen molar-refractivity contribution in [2.75, 3.05) is 6.54 Å². The highest BCUT2D eigenvalue weighted by Gasteiger charge is 2.43. The molecule has 0 saturated carbocycles. The molecule has 27 heavy (non-hydrogen) atoms. The standard InChI is InChI=1S/C16H15F3N4O4/c17-16(18,19)9-3-1-8(2-4-9)11-7-21-22-23(11)12-6-20-14(15(26)27)10(12)5-13(24)25/h1-4,7,10,12,14,20H,5-6H2,(H,24,25)(H,26,27)/t10-,12-,14-/m0/s1. The molecular weight excluding hydrogens is 369 g/mol. The van der Waals surface area contributed by atoms with Gasteiger partial charge in [-0.3, -0.25) is 9.59 Å².